The normalized spacial score (nSPS) is 10.6. The van der Waals surface area contributed by atoms with Crippen LogP contribution in [-0.4, -0.2) is 30.9 Å². The summed E-state index contributed by atoms with van der Waals surface area (Å²) < 4.78 is 5.80. The molecule has 0 bridgehead atoms. The van der Waals surface area contributed by atoms with Gasteiger partial charge in [0.15, 0.2) is 6.61 Å². The van der Waals surface area contributed by atoms with E-state index in [0.717, 1.165) is 22.1 Å². The van der Waals surface area contributed by atoms with Gasteiger partial charge in [-0.05, 0) is 30.2 Å². The molecule has 0 saturated heterocycles. The van der Waals surface area contributed by atoms with Crippen molar-refractivity contribution in [3.63, 3.8) is 0 Å². The maximum absolute atomic E-state index is 12.3. The number of carbonyl (C=O) groups excluding carboxylic acids is 3. The Labute approximate surface area is 176 Å². The highest BCUT2D eigenvalue weighted by atomic mass is 35.5. The lowest BCUT2D eigenvalue weighted by atomic mass is 10.1. The third-order valence-corrected chi connectivity index (χ3v) is 5.79. The van der Waals surface area contributed by atoms with Crippen LogP contribution in [0.3, 0.4) is 0 Å². The zero-order valence-electron chi connectivity index (χ0n) is 15.7. The van der Waals surface area contributed by atoms with Gasteiger partial charge in [-0.1, -0.05) is 48.9 Å². The molecule has 0 aliphatic rings. The Hall–Kier alpha value is -2.90. The number of rotatable bonds is 7. The minimum absolute atomic E-state index is 0.328. The number of fused-ring (bicyclic) bond motifs is 1. The second-order valence-electron chi connectivity index (χ2n) is 6.19. The molecule has 1 aromatic heterocycles. The molecule has 8 heteroatoms. The Bertz CT molecular complexity index is 1060. The molecule has 0 saturated carbocycles. The molecule has 0 fully saturated rings. The number of hydrogen-bond acceptors (Lipinski definition) is 5. The average Bonchev–Trinajstić information content (AvgIpc) is 3.07. The highest BCUT2D eigenvalue weighted by molar-refractivity contribution is 7.21. The van der Waals surface area contributed by atoms with E-state index in [1.54, 1.807) is 6.07 Å². The molecular formula is C21H19ClN2O4S. The summed E-state index contributed by atoms with van der Waals surface area (Å²) in [5.74, 6) is -1.63. The fraction of sp³-hybridized carbons (Fsp3) is 0.190. The molecule has 6 nitrogen and oxygen atoms in total. The van der Waals surface area contributed by atoms with E-state index in [1.807, 2.05) is 49.4 Å². The Balaban J connectivity index is 1.47. The van der Waals surface area contributed by atoms with Gasteiger partial charge >= 0.3 is 5.97 Å². The van der Waals surface area contributed by atoms with Crippen molar-refractivity contribution in [1.29, 1.82) is 0 Å². The fourth-order valence-electron chi connectivity index (χ4n) is 2.66. The van der Waals surface area contributed by atoms with Gasteiger partial charge in [0.25, 0.3) is 11.8 Å². The minimum Gasteiger partial charge on any atom is -0.454 e. The summed E-state index contributed by atoms with van der Waals surface area (Å²) in [6.45, 7) is 1.22. The Morgan fingerprint density at radius 1 is 1.10 bits per heavy atom. The first kappa shape index (κ1) is 20.8. The Morgan fingerprint density at radius 3 is 2.66 bits per heavy atom. The monoisotopic (exact) mass is 430 g/mol. The summed E-state index contributed by atoms with van der Waals surface area (Å²) in [5.41, 5.74) is 1.72. The van der Waals surface area contributed by atoms with Gasteiger partial charge in [-0.25, -0.2) is 0 Å². The van der Waals surface area contributed by atoms with Gasteiger partial charge in [0, 0.05) is 15.8 Å². The number of amides is 2. The highest BCUT2D eigenvalue weighted by Crippen LogP contribution is 2.34. The number of nitrogens with one attached hydrogen (secondary N) is 2. The fourth-order valence-corrected chi connectivity index (χ4v) is 4.09. The maximum Gasteiger partial charge on any atom is 0.325 e. The average molecular weight is 431 g/mol. The molecule has 2 aromatic carbocycles. The number of aryl methyl sites for hydroxylation is 1. The zero-order valence-corrected chi connectivity index (χ0v) is 17.2. The van der Waals surface area contributed by atoms with Crippen LogP contribution in [0.25, 0.3) is 10.1 Å². The van der Waals surface area contributed by atoms with E-state index in [9.17, 15) is 14.4 Å². The third kappa shape index (κ3) is 5.34. The van der Waals surface area contributed by atoms with Crippen molar-refractivity contribution in [2.45, 2.75) is 13.3 Å². The van der Waals surface area contributed by atoms with E-state index >= 15 is 0 Å². The van der Waals surface area contributed by atoms with Gasteiger partial charge in [0.05, 0.1) is 5.02 Å². The van der Waals surface area contributed by atoms with E-state index in [4.69, 9.17) is 16.3 Å². The van der Waals surface area contributed by atoms with Crippen molar-refractivity contribution in [2.75, 3.05) is 18.5 Å². The van der Waals surface area contributed by atoms with Crippen LogP contribution in [-0.2, 0) is 20.7 Å². The third-order valence-electron chi connectivity index (χ3n) is 4.12. The molecular weight excluding hydrogens is 412 g/mol. The largest absolute Gasteiger partial charge is 0.454 e. The second kappa shape index (κ2) is 9.54. The Kier molecular flexibility index (Phi) is 6.85. The summed E-state index contributed by atoms with van der Waals surface area (Å²) in [6, 6.07) is 14.8. The van der Waals surface area contributed by atoms with E-state index in [-0.39, 0.29) is 6.54 Å². The van der Waals surface area contributed by atoms with Crippen LogP contribution in [0, 0.1) is 0 Å². The number of benzene rings is 2. The smallest absolute Gasteiger partial charge is 0.325 e. The quantitative estimate of drug-likeness (QED) is 0.554. The molecule has 3 rings (SSSR count). The summed E-state index contributed by atoms with van der Waals surface area (Å²) in [4.78, 5) is 36.4. The molecule has 0 aliphatic heterocycles. The number of anilines is 1. The van der Waals surface area contributed by atoms with Gasteiger partial charge in [-0.2, -0.15) is 0 Å². The van der Waals surface area contributed by atoms with E-state index in [2.05, 4.69) is 10.6 Å². The van der Waals surface area contributed by atoms with Crippen molar-refractivity contribution in [3.8, 4) is 0 Å². The minimum atomic E-state index is -0.715. The predicted octanol–water partition coefficient (Wildman–Crippen LogP) is 4.03. The highest BCUT2D eigenvalue weighted by Gasteiger charge is 2.18. The Morgan fingerprint density at radius 2 is 1.90 bits per heavy atom. The maximum atomic E-state index is 12.3. The SMILES string of the molecule is CCc1cccc(NC(=O)COC(=O)CNC(=O)c2sc3ccccc3c2Cl)c1. The molecule has 0 spiro atoms. The first-order valence-corrected chi connectivity index (χ1v) is 10.2. The van der Waals surface area contributed by atoms with Crippen molar-refractivity contribution in [3.05, 3.63) is 64.0 Å². The number of esters is 1. The molecule has 2 amide bonds. The lowest BCUT2D eigenvalue weighted by Crippen LogP contribution is -2.32. The lowest BCUT2D eigenvalue weighted by molar-refractivity contribution is -0.146. The standard InChI is InChI=1S/C21H19ClN2O4S/c1-2-13-6-5-7-14(10-13)24-17(25)12-28-18(26)11-23-21(27)20-19(22)15-8-3-4-9-16(15)29-20/h3-10H,2,11-12H2,1H3,(H,23,27)(H,24,25). The predicted molar refractivity (Wildman–Crippen MR) is 115 cm³/mol. The van der Waals surface area contributed by atoms with Crippen LogP contribution in [0.2, 0.25) is 5.02 Å². The van der Waals surface area contributed by atoms with Gasteiger partial charge < -0.3 is 15.4 Å². The van der Waals surface area contributed by atoms with Crippen LogP contribution in [0.15, 0.2) is 48.5 Å². The van der Waals surface area contributed by atoms with Gasteiger partial charge in [0.2, 0.25) is 0 Å². The molecule has 0 atom stereocenters. The molecule has 150 valence electrons. The van der Waals surface area contributed by atoms with Crippen molar-refractivity contribution in [2.24, 2.45) is 0 Å². The zero-order chi connectivity index (χ0) is 20.8. The van der Waals surface area contributed by atoms with Crippen molar-refractivity contribution < 1.29 is 19.1 Å². The van der Waals surface area contributed by atoms with Crippen LogP contribution in [0.4, 0.5) is 5.69 Å². The van der Waals surface area contributed by atoms with Crippen LogP contribution >= 0.6 is 22.9 Å². The molecule has 0 radical (unpaired) electrons. The summed E-state index contributed by atoms with van der Waals surface area (Å²) >= 11 is 7.49. The summed E-state index contributed by atoms with van der Waals surface area (Å²) in [5, 5.41) is 6.28. The van der Waals surface area contributed by atoms with Crippen molar-refractivity contribution >= 4 is 56.5 Å². The van der Waals surface area contributed by atoms with E-state index in [0.29, 0.717) is 15.6 Å². The summed E-state index contributed by atoms with van der Waals surface area (Å²) in [6.07, 6.45) is 0.849. The van der Waals surface area contributed by atoms with Gasteiger partial charge in [-0.15, -0.1) is 11.3 Å². The lowest BCUT2D eigenvalue weighted by Gasteiger charge is -2.08. The first-order chi connectivity index (χ1) is 14.0. The van der Waals surface area contributed by atoms with Crippen LogP contribution in [0.1, 0.15) is 22.2 Å². The van der Waals surface area contributed by atoms with E-state index in [1.165, 1.54) is 11.3 Å². The molecule has 1 heterocycles. The number of halogens is 1. The molecule has 0 unspecified atom stereocenters. The number of hydrogen-bond donors (Lipinski definition) is 2. The number of carbonyl (C=O) groups is 3. The van der Waals surface area contributed by atoms with Crippen LogP contribution < -0.4 is 10.6 Å². The molecule has 0 aliphatic carbocycles. The summed E-state index contributed by atoms with van der Waals surface area (Å²) in [7, 11) is 0. The second-order valence-corrected chi connectivity index (χ2v) is 7.62. The van der Waals surface area contributed by atoms with Gasteiger partial charge in [0.1, 0.15) is 11.4 Å². The molecule has 2 N–H and O–H groups in total. The topological polar surface area (TPSA) is 84.5 Å². The number of thiophene rings is 1. The molecule has 3 aromatic rings. The van der Waals surface area contributed by atoms with E-state index < -0.39 is 24.4 Å². The first-order valence-electron chi connectivity index (χ1n) is 8.97. The number of ether oxygens (including phenoxy) is 1. The van der Waals surface area contributed by atoms with Gasteiger partial charge in [-0.3, -0.25) is 14.4 Å². The molecule has 29 heavy (non-hydrogen) atoms. The van der Waals surface area contributed by atoms with Crippen LogP contribution in [0.5, 0.6) is 0 Å². The van der Waals surface area contributed by atoms with Crippen molar-refractivity contribution in [1.82, 2.24) is 5.32 Å².